The molecule has 0 amide bonds. The molecule has 0 heterocycles. The molecule has 84 valence electrons. The predicted octanol–water partition coefficient (Wildman–Crippen LogP) is 4.73. The smallest absolute Gasteiger partial charge is 0.0260 e. The summed E-state index contributed by atoms with van der Waals surface area (Å²) >= 11 is 0. The Kier molecular flexibility index (Phi) is 2.79. The third-order valence-corrected chi connectivity index (χ3v) is 4.74. The number of allylic oxidation sites excluding steroid dienone is 3. The van der Waals surface area contributed by atoms with E-state index in [2.05, 4.69) is 33.4 Å². The molecule has 0 aromatic rings. The van der Waals surface area contributed by atoms with Crippen molar-refractivity contribution in [1.82, 2.24) is 0 Å². The first-order valence-corrected chi connectivity index (χ1v) is 6.32. The average Bonchev–Trinajstić information content (AvgIpc) is 2.16. The Morgan fingerprint density at radius 1 is 1.40 bits per heavy atom. The Hall–Kier alpha value is -0.520. The molecule has 0 N–H and O–H groups in total. The highest BCUT2D eigenvalue weighted by Gasteiger charge is 2.53. The molecular weight excluding hydrogens is 180 g/mol. The highest BCUT2D eigenvalue weighted by atomic mass is 14.6. The van der Waals surface area contributed by atoms with Crippen LogP contribution in [0.1, 0.15) is 52.9 Å². The van der Waals surface area contributed by atoms with Crippen molar-refractivity contribution in [2.24, 2.45) is 17.3 Å². The van der Waals surface area contributed by atoms with Gasteiger partial charge in [-0.1, -0.05) is 30.7 Å². The second kappa shape index (κ2) is 3.81. The molecule has 3 aliphatic rings. The summed E-state index contributed by atoms with van der Waals surface area (Å²) in [6.45, 7) is 11.1. The van der Waals surface area contributed by atoms with E-state index in [4.69, 9.17) is 0 Å². The molecule has 0 nitrogen and oxygen atoms in total. The Labute approximate surface area is 94.5 Å². The van der Waals surface area contributed by atoms with Gasteiger partial charge in [-0.05, 0) is 63.2 Å². The van der Waals surface area contributed by atoms with Gasteiger partial charge in [-0.2, -0.15) is 0 Å². The van der Waals surface area contributed by atoms with Gasteiger partial charge in [-0.15, -0.1) is 0 Å². The lowest BCUT2D eigenvalue weighted by Crippen LogP contribution is -2.50. The van der Waals surface area contributed by atoms with Crippen LogP contribution in [-0.2, 0) is 0 Å². The van der Waals surface area contributed by atoms with Crippen molar-refractivity contribution in [1.29, 1.82) is 0 Å². The van der Waals surface area contributed by atoms with Gasteiger partial charge in [0.15, 0.2) is 0 Å². The molecule has 3 rings (SSSR count). The van der Waals surface area contributed by atoms with E-state index < -0.39 is 0 Å². The van der Waals surface area contributed by atoms with Gasteiger partial charge in [0, 0.05) is 0 Å². The van der Waals surface area contributed by atoms with E-state index in [-0.39, 0.29) is 0 Å². The molecule has 0 aromatic carbocycles. The van der Waals surface area contributed by atoms with Crippen molar-refractivity contribution < 1.29 is 0 Å². The zero-order valence-electron chi connectivity index (χ0n) is 10.5. The second-order valence-corrected chi connectivity index (χ2v) is 6.11. The largest absolute Gasteiger partial charge is 0.0998 e. The summed E-state index contributed by atoms with van der Waals surface area (Å²) in [5.41, 5.74) is 3.62. The van der Waals surface area contributed by atoms with Gasteiger partial charge in [-0.3, -0.25) is 0 Å². The first-order valence-electron chi connectivity index (χ1n) is 6.32. The quantitative estimate of drug-likeness (QED) is 0.583. The van der Waals surface area contributed by atoms with Gasteiger partial charge in [0.05, 0.1) is 0 Å². The highest BCUT2D eigenvalue weighted by Crippen LogP contribution is 2.62. The molecule has 3 atom stereocenters. The van der Waals surface area contributed by atoms with E-state index >= 15 is 0 Å². The minimum Gasteiger partial charge on any atom is -0.0998 e. The molecule has 3 aliphatic carbocycles. The topological polar surface area (TPSA) is 0 Å². The number of hydrogen-bond acceptors (Lipinski definition) is 0. The fourth-order valence-electron chi connectivity index (χ4n) is 3.55. The van der Waals surface area contributed by atoms with Gasteiger partial charge in [0.1, 0.15) is 0 Å². The van der Waals surface area contributed by atoms with Gasteiger partial charge in [0.25, 0.3) is 0 Å². The summed E-state index contributed by atoms with van der Waals surface area (Å²) in [4.78, 5) is 0. The van der Waals surface area contributed by atoms with E-state index in [9.17, 15) is 0 Å². The molecule has 0 saturated heterocycles. The Balaban J connectivity index is 1.92. The van der Waals surface area contributed by atoms with Crippen LogP contribution in [0.2, 0.25) is 0 Å². The van der Waals surface area contributed by atoms with Crippen LogP contribution in [0.25, 0.3) is 0 Å². The predicted molar refractivity (Wildman–Crippen MR) is 66.7 cm³/mol. The lowest BCUT2D eigenvalue weighted by molar-refractivity contribution is -0.0652. The van der Waals surface area contributed by atoms with E-state index in [1.54, 1.807) is 0 Å². The average molecular weight is 204 g/mol. The highest BCUT2D eigenvalue weighted by molar-refractivity contribution is 5.16. The van der Waals surface area contributed by atoms with Gasteiger partial charge < -0.3 is 0 Å². The van der Waals surface area contributed by atoms with Crippen molar-refractivity contribution in [3.63, 3.8) is 0 Å². The molecule has 0 aliphatic heterocycles. The molecule has 2 bridgehead atoms. The normalized spacial score (nSPS) is 38.5. The summed E-state index contributed by atoms with van der Waals surface area (Å²) in [6.07, 6.45) is 9.15. The van der Waals surface area contributed by atoms with Crippen molar-refractivity contribution in [2.45, 2.75) is 52.9 Å². The second-order valence-electron chi connectivity index (χ2n) is 6.11. The van der Waals surface area contributed by atoms with Gasteiger partial charge >= 0.3 is 0 Å². The van der Waals surface area contributed by atoms with Crippen LogP contribution in [0.5, 0.6) is 0 Å². The van der Waals surface area contributed by atoms with E-state index in [0.29, 0.717) is 5.41 Å². The standard InChI is InChI=1S/C15H24/c1-11(2)6-5-7-15(4)13-8-12(3)9-14(15)10-13/h6,13-14H,3,5,7-10H2,1-2,4H3/t13-,14+,15?. The third-order valence-electron chi connectivity index (χ3n) is 4.74. The van der Waals surface area contributed by atoms with Crippen LogP contribution >= 0.6 is 0 Å². The number of hydrogen-bond donors (Lipinski definition) is 0. The summed E-state index contributed by atoms with van der Waals surface area (Å²) in [7, 11) is 0. The van der Waals surface area contributed by atoms with Crippen molar-refractivity contribution in [2.75, 3.05) is 0 Å². The van der Waals surface area contributed by atoms with Crippen LogP contribution in [0.4, 0.5) is 0 Å². The van der Waals surface area contributed by atoms with E-state index in [0.717, 1.165) is 11.8 Å². The minimum atomic E-state index is 0.646. The fraction of sp³-hybridized carbons (Fsp3) is 0.733. The third kappa shape index (κ3) is 1.91. The monoisotopic (exact) mass is 204 g/mol. The molecular formula is C15H24. The zero-order chi connectivity index (χ0) is 11.1. The minimum absolute atomic E-state index is 0.646. The van der Waals surface area contributed by atoms with Gasteiger partial charge in [0.2, 0.25) is 0 Å². The van der Waals surface area contributed by atoms with E-state index in [1.807, 2.05) is 0 Å². The first-order chi connectivity index (χ1) is 7.02. The maximum absolute atomic E-state index is 4.16. The van der Waals surface area contributed by atoms with Crippen LogP contribution in [0.3, 0.4) is 0 Å². The van der Waals surface area contributed by atoms with Gasteiger partial charge in [-0.25, -0.2) is 0 Å². The summed E-state index contributed by atoms with van der Waals surface area (Å²) in [5, 5.41) is 0. The van der Waals surface area contributed by atoms with Crippen molar-refractivity contribution in [3.8, 4) is 0 Å². The molecule has 0 spiro atoms. The maximum Gasteiger partial charge on any atom is -0.0260 e. The van der Waals surface area contributed by atoms with Crippen LogP contribution in [0.15, 0.2) is 23.8 Å². The lowest BCUT2D eigenvalue weighted by atomic mass is 9.46. The zero-order valence-corrected chi connectivity index (χ0v) is 10.5. The Morgan fingerprint density at radius 2 is 2.00 bits per heavy atom. The summed E-state index contributed by atoms with van der Waals surface area (Å²) in [5.74, 6) is 1.91. The number of rotatable bonds is 3. The SMILES string of the molecule is C=C1C[C@@H]2C[C@H](C1)C2(C)CCC=C(C)C. The van der Waals surface area contributed by atoms with Crippen LogP contribution < -0.4 is 0 Å². The number of fused-ring (bicyclic) bond motifs is 2. The summed E-state index contributed by atoms with van der Waals surface area (Å²) < 4.78 is 0. The maximum atomic E-state index is 4.16. The summed E-state index contributed by atoms with van der Waals surface area (Å²) in [6, 6.07) is 0. The van der Waals surface area contributed by atoms with Crippen LogP contribution in [-0.4, -0.2) is 0 Å². The molecule has 0 aromatic heterocycles. The van der Waals surface area contributed by atoms with E-state index in [1.165, 1.54) is 43.3 Å². The molecule has 15 heavy (non-hydrogen) atoms. The molecule has 3 saturated carbocycles. The fourth-order valence-corrected chi connectivity index (χ4v) is 3.55. The Morgan fingerprint density at radius 3 is 2.53 bits per heavy atom. The van der Waals surface area contributed by atoms with Crippen LogP contribution in [0, 0.1) is 17.3 Å². The molecule has 1 unspecified atom stereocenters. The first kappa shape index (κ1) is 11.0. The van der Waals surface area contributed by atoms with Crippen molar-refractivity contribution >= 4 is 0 Å². The molecule has 0 radical (unpaired) electrons. The molecule has 0 heteroatoms. The lowest BCUT2D eigenvalue weighted by Gasteiger charge is -2.59. The molecule has 3 fully saturated rings. The Bertz CT molecular complexity index is 277. The van der Waals surface area contributed by atoms with Crippen molar-refractivity contribution in [3.05, 3.63) is 23.8 Å².